The Morgan fingerprint density at radius 2 is 0.627 bits per heavy atom. The number of benzene rings is 8. The van der Waals surface area contributed by atoms with Crippen LogP contribution in [0.25, 0.3) is 44.5 Å². The van der Waals surface area contributed by atoms with Crippen LogP contribution in [0.1, 0.15) is 44.5 Å². The average Bonchev–Trinajstić information content (AvgIpc) is 3.79. The fourth-order valence-electron chi connectivity index (χ4n) is 10.5. The van der Waals surface area contributed by atoms with E-state index in [9.17, 15) is 0 Å². The minimum Gasteiger partial charge on any atom is -0.457 e. The third-order valence-electron chi connectivity index (χ3n) is 12.2. The molecule has 0 bridgehead atoms. The van der Waals surface area contributed by atoms with Crippen molar-refractivity contribution in [3.05, 3.63) is 226 Å². The van der Waals surface area contributed by atoms with Gasteiger partial charge >= 0.3 is 0 Å². The molecule has 2 spiro atoms. The van der Waals surface area contributed by atoms with E-state index in [2.05, 4.69) is 182 Å². The maximum absolute atomic E-state index is 6.93. The van der Waals surface area contributed by atoms with Crippen LogP contribution >= 0.6 is 0 Å². The van der Waals surface area contributed by atoms with Gasteiger partial charge in [0.1, 0.15) is 11.5 Å². The smallest absolute Gasteiger partial charge is 0.132 e. The highest BCUT2D eigenvalue weighted by atomic mass is 16.5. The molecule has 51 heavy (non-hydrogen) atoms. The molecule has 3 aliphatic carbocycles. The molecule has 0 saturated carbocycles. The number of ether oxygens (including phenoxy) is 1. The Bertz CT molecular complexity index is 2710. The molecule has 236 valence electrons. The summed E-state index contributed by atoms with van der Waals surface area (Å²) in [6, 6.07) is 67.5. The van der Waals surface area contributed by atoms with Crippen LogP contribution in [-0.4, -0.2) is 0 Å². The van der Waals surface area contributed by atoms with E-state index in [4.69, 9.17) is 4.74 Å². The summed E-state index contributed by atoms with van der Waals surface area (Å²) in [5.74, 6) is 1.82. The van der Waals surface area contributed by atoms with Crippen LogP contribution in [0.2, 0.25) is 0 Å². The summed E-state index contributed by atoms with van der Waals surface area (Å²) in [4.78, 5) is 0. The van der Waals surface area contributed by atoms with Crippen molar-refractivity contribution in [2.24, 2.45) is 0 Å². The van der Waals surface area contributed by atoms with Gasteiger partial charge in [0.05, 0.1) is 10.8 Å². The molecule has 8 aromatic rings. The van der Waals surface area contributed by atoms with Gasteiger partial charge in [-0.2, -0.15) is 0 Å². The van der Waals surface area contributed by atoms with Gasteiger partial charge in [0, 0.05) is 11.1 Å². The first-order valence-corrected chi connectivity index (χ1v) is 17.9. The molecule has 1 nitrogen and oxygen atoms in total. The number of fused-ring (bicyclic) bond motifs is 19. The lowest BCUT2D eigenvalue weighted by Crippen LogP contribution is -2.33. The minimum atomic E-state index is -0.556. The third-order valence-corrected chi connectivity index (χ3v) is 12.2. The van der Waals surface area contributed by atoms with Crippen molar-refractivity contribution in [2.45, 2.75) is 10.8 Å². The van der Waals surface area contributed by atoms with E-state index < -0.39 is 10.8 Å². The van der Waals surface area contributed by atoms with Crippen LogP contribution in [0.5, 0.6) is 11.5 Å². The highest BCUT2D eigenvalue weighted by Gasteiger charge is 2.54. The Labute approximate surface area is 297 Å². The molecule has 0 saturated heterocycles. The van der Waals surface area contributed by atoms with Crippen LogP contribution in [-0.2, 0) is 10.8 Å². The van der Waals surface area contributed by atoms with Crippen molar-refractivity contribution in [2.75, 3.05) is 0 Å². The molecule has 1 heterocycles. The topological polar surface area (TPSA) is 9.23 Å². The van der Waals surface area contributed by atoms with Gasteiger partial charge in [0.25, 0.3) is 0 Å². The van der Waals surface area contributed by atoms with Crippen LogP contribution in [0.4, 0.5) is 0 Å². The molecule has 0 radical (unpaired) electrons. The maximum atomic E-state index is 6.93. The molecule has 0 fully saturated rings. The molecular formula is C50H30O. The van der Waals surface area contributed by atoms with Crippen LogP contribution in [0, 0.1) is 0 Å². The summed E-state index contributed by atoms with van der Waals surface area (Å²) < 4.78 is 6.93. The molecule has 8 aromatic carbocycles. The number of hydrogen-bond acceptors (Lipinski definition) is 1. The van der Waals surface area contributed by atoms with E-state index in [0.29, 0.717) is 0 Å². The van der Waals surface area contributed by atoms with Gasteiger partial charge in [0.15, 0.2) is 0 Å². The van der Waals surface area contributed by atoms with Crippen molar-refractivity contribution in [1.29, 1.82) is 0 Å². The second kappa shape index (κ2) is 9.62. The van der Waals surface area contributed by atoms with Crippen molar-refractivity contribution in [3.63, 3.8) is 0 Å². The van der Waals surface area contributed by atoms with Crippen molar-refractivity contribution in [1.82, 2.24) is 0 Å². The predicted molar refractivity (Wildman–Crippen MR) is 206 cm³/mol. The van der Waals surface area contributed by atoms with Crippen molar-refractivity contribution in [3.8, 4) is 56.0 Å². The maximum Gasteiger partial charge on any atom is 0.132 e. The normalized spacial score (nSPS) is 15.1. The zero-order chi connectivity index (χ0) is 33.3. The highest BCUT2D eigenvalue weighted by Crippen LogP contribution is 2.67. The molecule has 1 heteroatoms. The monoisotopic (exact) mass is 646 g/mol. The van der Waals surface area contributed by atoms with E-state index in [1.807, 2.05) is 0 Å². The number of rotatable bonds is 1. The van der Waals surface area contributed by atoms with Gasteiger partial charge in [-0.3, -0.25) is 0 Å². The standard InChI is InChI=1S/C50H30O/c1-6-22-38-31(15-1)32-16-2-7-23-39(32)49(38)42-26-10-5-19-37(42)47-35(20-13-28-44(47)49)36-21-14-30-46-48(36)50(43-27-11-12-29-45(43)51-46)40-24-8-3-17-33(40)34-18-4-9-25-41(34)50/h1-30H. The van der Waals surface area contributed by atoms with E-state index in [1.54, 1.807) is 0 Å². The lowest BCUT2D eigenvalue weighted by atomic mass is 9.64. The lowest BCUT2D eigenvalue weighted by Gasteiger charge is -2.41. The Balaban J connectivity index is 1.23. The van der Waals surface area contributed by atoms with Gasteiger partial charge < -0.3 is 4.74 Å². The summed E-state index contributed by atoms with van der Waals surface area (Å²) in [6.07, 6.45) is 0. The largest absolute Gasteiger partial charge is 0.457 e. The van der Waals surface area contributed by atoms with Crippen LogP contribution in [0.15, 0.2) is 182 Å². The molecule has 0 aromatic heterocycles. The number of hydrogen-bond donors (Lipinski definition) is 0. The van der Waals surface area contributed by atoms with Gasteiger partial charge in [-0.15, -0.1) is 0 Å². The van der Waals surface area contributed by atoms with Crippen LogP contribution in [0.3, 0.4) is 0 Å². The fourth-order valence-corrected chi connectivity index (χ4v) is 10.5. The van der Waals surface area contributed by atoms with E-state index in [1.165, 1.54) is 89.0 Å². The predicted octanol–water partition coefficient (Wildman–Crippen LogP) is 12.2. The molecule has 12 rings (SSSR count). The van der Waals surface area contributed by atoms with Gasteiger partial charge in [0.2, 0.25) is 0 Å². The van der Waals surface area contributed by atoms with E-state index in [-0.39, 0.29) is 0 Å². The Morgan fingerprint density at radius 1 is 0.255 bits per heavy atom. The molecule has 0 N–H and O–H groups in total. The van der Waals surface area contributed by atoms with Gasteiger partial charge in [-0.1, -0.05) is 170 Å². The highest BCUT2D eigenvalue weighted by molar-refractivity contribution is 6.02. The first kappa shape index (κ1) is 27.4. The molecular weight excluding hydrogens is 617 g/mol. The summed E-state index contributed by atoms with van der Waals surface area (Å²) in [5, 5.41) is 0. The Hall–Kier alpha value is -6.44. The second-order valence-electron chi connectivity index (χ2n) is 14.2. The molecule has 0 atom stereocenters. The average molecular weight is 647 g/mol. The minimum absolute atomic E-state index is 0.405. The summed E-state index contributed by atoms with van der Waals surface area (Å²) >= 11 is 0. The van der Waals surface area contributed by atoms with E-state index in [0.717, 1.165) is 11.5 Å². The lowest BCUT2D eigenvalue weighted by molar-refractivity contribution is 0.437. The van der Waals surface area contributed by atoms with Crippen molar-refractivity contribution >= 4 is 0 Å². The first-order chi connectivity index (χ1) is 25.3. The zero-order valence-corrected chi connectivity index (χ0v) is 27.7. The Kier molecular flexibility index (Phi) is 5.17. The quantitative estimate of drug-likeness (QED) is 0.172. The van der Waals surface area contributed by atoms with Gasteiger partial charge in [-0.25, -0.2) is 0 Å². The van der Waals surface area contributed by atoms with Crippen LogP contribution < -0.4 is 4.74 Å². The number of para-hydroxylation sites is 1. The second-order valence-corrected chi connectivity index (χ2v) is 14.2. The first-order valence-electron chi connectivity index (χ1n) is 17.9. The summed E-state index contributed by atoms with van der Waals surface area (Å²) in [5.41, 5.74) is 19.7. The van der Waals surface area contributed by atoms with Crippen molar-refractivity contribution < 1.29 is 4.74 Å². The zero-order valence-electron chi connectivity index (χ0n) is 27.7. The molecule has 0 amide bonds. The Morgan fingerprint density at radius 3 is 1.22 bits per heavy atom. The van der Waals surface area contributed by atoms with E-state index >= 15 is 0 Å². The SMILES string of the molecule is c1ccc2c(c1)Oc1cccc(-c3cccc4c3-c3ccccc3C43c4ccccc4-c4ccccc43)c1C21c2ccccc2-c2ccccc21. The molecule has 1 aliphatic heterocycles. The third kappa shape index (κ3) is 3.11. The fraction of sp³-hybridized carbons (Fsp3) is 0.0400. The summed E-state index contributed by atoms with van der Waals surface area (Å²) in [7, 11) is 0. The molecule has 4 aliphatic rings. The molecule has 0 unspecified atom stereocenters. The van der Waals surface area contributed by atoms with Gasteiger partial charge in [-0.05, 0) is 90.0 Å². The summed E-state index contributed by atoms with van der Waals surface area (Å²) in [6.45, 7) is 0.